The largest absolute Gasteiger partial charge is 0.325 e. The van der Waals surface area contributed by atoms with Gasteiger partial charge in [-0.1, -0.05) is 29.3 Å². The van der Waals surface area contributed by atoms with Gasteiger partial charge in [-0.3, -0.25) is 4.79 Å². The van der Waals surface area contributed by atoms with Crippen molar-refractivity contribution < 1.29 is 4.79 Å². The summed E-state index contributed by atoms with van der Waals surface area (Å²) in [6.07, 6.45) is 5.13. The average Bonchev–Trinajstić information content (AvgIpc) is 2.35. The predicted molar refractivity (Wildman–Crippen MR) is 82.2 cm³/mol. The van der Waals surface area contributed by atoms with Crippen LogP contribution in [0.15, 0.2) is 28.7 Å². The number of halogens is 1. The van der Waals surface area contributed by atoms with Gasteiger partial charge in [0.25, 0.3) is 0 Å². The van der Waals surface area contributed by atoms with Crippen LogP contribution in [-0.2, 0) is 4.79 Å². The SMILES string of the molecule is CCC1(CNCC(=O)Nc2ccc(Br)cc2)CCC1. The van der Waals surface area contributed by atoms with Crippen LogP contribution in [0.5, 0.6) is 0 Å². The standard InChI is InChI=1S/C15H21BrN2O/c1-2-15(8-3-9-15)11-17-10-14(19)18-13-6-4-12(16)5-7-13/h4-7,17H,2-3,8-11H2,1H3,(H,18,19). The summed E-state index contributed by atoms with van der Waals surface area (Å²) in [6, 6.07) is 7.62. The van der Waals surface area contributed by atoms with Gasteiger partial charge >= 0.3 is 0 Å². The van der Waals surface area contributed by atoms with Gasteiger partial charge in [-0.25, -0.2) is 0 Å². The van der Waals surface area contributed by atoms with Crippen molar-refractivity contribution in [1.82, 2.24) is 5.32 Å². The molecule has 0 aromatic heterocycles. The molecule has 0 spiro atoms. The number of hydrogen-bond donors (Lipinski definition) is 2. The van der Waals surface area contributed by atoms with E-state index in [9.17, 15) is 4.79 Å². The molecule has 2 N–H and O–H groups in total. The Balaban J connectivity index is 1.71. The number of carbonyl (C=O) groups excluding carboxylic acids is 1. The number of carbonyl (C=O) groups is 1. The maximum Gasteiger partial charge on any atom is 0.238 e. The zero-order valence-corrected chi connectivity index (χ0v) is 12.9. The third kappa shape index (κ3) is 4.05. The second-order valence-corrected chi connectivity index (χ2v) is 6.28. The van der Waals surface area contributed by atoms with E-state index in [2.05, 4.69) is 33.5 Å². The Bertz CT molecular complexity index is 421. The molecule has 0 bridgehead atoms. The van der Waals surface area contributed by atoms with E-state index >= 15 is 0 Å². The molecule has 3 nitrogen and oxygen atoms in total. The summed E-state index contributed by atoms with van der Waals surface area (Å²) in [4.78, 5) is 11.8. The van der Waals surface area contributed by atoms with Crippen molar-refractivity contribution in [3.8, 4) is 0 Å². The molecule has 1 aromatic carbocycles. The van der Waals surface area contributed by atoms with E-state index in [0.29, 0.717) is 12.0 Å². The number of rotatable bonds is 6. The zero-order valence-electron chi connectivity index (χ0n) is 11.3. The molecule has 0 heterocycles. The Morgan fingerprint density at radius 3 is 2.53 bits per heavy atom. The van der Waals surface area contributed by atoms with Crippen molar-refractivity contribution >= 4 is 27.5 Å². The van der Waals surface area contributed by atoms with Gasteiger partial charge in [-0.15, -0.1) is 0 Å². The fourth-order valence-corrected chi connectivity index (χ4v) is 2.78. The van der Waals surface area contributed by atoms with Gasteiger partial charge in [0.1, 0.15) is 0 Å². The summed E-state index contributed by atoms with van der Waals surface area (Å²) in [5.41, 5.74) is 1.29. The topological polar surface area (TPSA) is 41.1 Å². The average molecular weight is 325 g/mol. The molecule has 1 aliphatic rings. The van der Waals surface area contributed by atoms with Crippen molar-refractivity contribution in [2.45, 2.75) is 32.6 Å². The minimum Gasteiger partial charge on any atom is -0.325 e. The van der Waals surface area contributed by atoms with Crippen LogP contribution >= 0.6 is 15.9 Å². The van der Waals surface area contributed by atoms with Gasteiger partial charge in [0.2, 0.25) is 5.91 Å². The monoisotopic (exact) mass is 324 g/mol. The molecule has 0 unspecified atom stereocenters. The lowest BCUT2D eigenvalue weighted by Crippen LogP contribution is -2.41. The number of nitrogens with one attached hydrogen (secondary N) is 2. The van der Waals surface area contributed by atoms with E-state index in [1.807, 2.05) is 24.3 Å². The first kappa shape index (κ1) is 14.5. The molecule has 1 aromatic rings. The summed E-state index contributed by atoms with van der Waals surface area (Å²) >= 11 is 3.37. The second kappa shape index (κ2) is 6.53. The Morgan fingerprint density at radius 1 is 1.32 bits per heavy atom. The first-order chi connectivity index (χ1) is 9.13. The number of anilines is 1. The number of amides is 1. The summed E-state index contributed by atoms with van der Waals surface area (Å²) in [5.74, 6) is 0.0212. The molecule has 19 heavy (non-hydrogen) atoms. The molecule has 4 heteroatoms. The molecule has 1 aliphatic carbocycles. The molecule has 2 rings (SSSR count). The molecule has 0 radical (unpaired) electrons. The zero-order chi connectivity index (χ0) is 13.7. The van der Waals surface area contributed by atoms with Gasteiger partial charge in [0.15, 0.2) is 0 Å². The lowest BCUT2D eigenvalue weighted by Gasteiger charge is -2.41. The maximum absolute atomic E-state index is 11.8. The first-order valence-corrected chi connectivity index (χ1v) is 7.69. The number of hydrogen-bond acceptors (Lipinski definition) is 2. The third-order valence-electron chi connectivity index (χ3n) is 4.08. The Kier molecular flexibility index (Phi) is 4.99. The fourth-order valence-electron chi connectivity index (χ4n) is 2.51. The van der Waals surface area contributed by atoms with Crippen LogP contribution < -0.4 is 10.6 Å². The normalized spacial score (nSPS) is 16.7. The molecular formula is C15H21BrN2O. The fraction of sp³-hybridized carbons (Fsp3) is 0.533. The van der Waals surface area contributed by atoms with Crippen molar-refractivity contribution in [1.29, 1.82) is 0 Å². The van der Waals surface area contributed by atoms with Crippen LogP contribution in [0.2, 0.25) is 0 Å². The van der Waals surface area contributed by atoms with Gasteiger partial charge in [-0.05, 0) is 48.9 Å². The summed E-state index contributed by atoms with van der Waals surface area (Å²) < 4.78 is 1.01. The lowest BCUT2D eigenvalue weighted by atomic mass is 9.67. The highest BCUT2D eigenvalue weighted by Crippen LogP contribution is 2.42. The van der Waals surface area contributed by atoms with Crippen LogP contribution in [0.25, 0.3) is 0 Å². The van der Waals surface area contributed by atoms with Crippen LogP contribution in [0.3, 0.4) is 0 Å². The van der Waals surface area contributed by atoms with E-state index in [-0.39, 0.29) is 5.91 Å². The summed E-state index contributed by atoms with van der Waals surface area (Å²) in [6.45, 7) is 3.58. The highest BCUT2D eigenvalue weighted by atomic mass is 79.9. The lowest BCUT2D eigenvalue weighted by molar-refractivity contribution is -0.115. The quantitative estimate of drug-likeness (QED) is 0.840. The molecule has 1 saturated carbocycles. The van der Waals surface area contributed by atoms with Crippen LogP contribution in [0, 0.1) is 5.41 Å². The highest BCUT2D eigenvalue weighted by molar-refractivity contribution is 9.10. The highest BCUT2D eigenvalue weighted by Gasteiger charge is 2.34. The molecule has 1 fully saturated rings. The van der Waals surface area contributed by atoms with E-state index < -0.39 is 0 Å². The minimum absolute atomic E-state index is 0.0212. The van der Waals surface area contributed by atoms with Crippen molar-refractivity contribution in [3.05, 3.63) is 28.7 Å². The first-order valence-electron chi connectivity index (χ1n) is 6.90. The predicted octanol–water partition coefficient (Wildman–Crippen LogP) is 3.56. The summed E-state index contributed by atoms with van der Waals surface area (Å²) in [5, 5.41) is 6.18. The van der Waals surface area contributed by atoms with E-state index in [0.717, 1.165) is 16.7 Å². The smallest absolute Gasteiger partial charge is 0.238 e. The van der Waals surface area contributed by atoms with E-state index in [4.69, 9.17) is 0 Å². The Hall–Kier alpha value is -0.870. The van der Waals surface area contributed by atoms with Crippen LogP contribution in [0.4, 0.5) is 5.69 Å². The Labute approximate surface area is 123 Å². The van der Waals surface area contributed by atoms with Gasteiger partial charge in [-0.2, -0.15) is 0 Å². The molecule has 0 saturated heterocycles. The minimum atomic E-state index is 0.0212. The van der Waals surface area contributed by atoms with E-state index in [1.165, 1.54) is 25.7 Å². The second-order valence-electron chi connectivity index (χ2n) is 5.37. The molecule has 0 atom stereocenters. The third-order valence-corrected chi connectivity index (χ3v) is 4.61. The summed E-state index contributed by atoms with van der Waals surface area (Å²) in [7, 11) is 0. The van der Waals surface area contributed by atoms with Gasteiger partial charge in [0.05, 0.1) is 6.54 Å². The van der Waals surface area contributed by atoms with Crippen molar-refractivity contribution in [2.75, 3.05) is 18.4 Å². The van der Waals surface area contributed by atoms with Crippen molar-refractivity contribution in [3.63, 3.8) is 0 Å². The molecular weight excluding hydrogens is 304 g/mol. The van der Waals surface area contributed by atoms with Crippen LogP contribution in [-0.4, -0.2) is 19.0 Å². The molecule has 0 aliphatic heterocycles. The van der Waals surface area contributed by atoms with Crippen LogP contribution in [0.1, 0.15) is 32.6 Å². The Morgan fingerprint density at radius 2 is 2.00 bits per heavy atom. The van der Waals surface area contributed by atoms with Gasteiger partial charge in [0, 0.05) is 16.7 Å². The number of benzene rings is 1. The van der Waals surface area contributed by atoms with Gasteiger partial charge < -0.3 is 10.6 Å². The van der Waals surface area contributed by atoms with Crippen molar-refractivity contribution in [2.24, 2.45) is 5.41 Å². The van der Waals surface area contributed by atoms with E-state index in [1.54, 1.807) is 0 Å². The maximum atomic E-state index is 11.8. The molecule has 1 amide bonds. The molecule has 104 valence electrons.